The summed E-state index contributed by atoms with van der Waals surface area (Å²) in [5.74, 6) is 0.544. The number of rotatable bonds is 1. The Morgan fingerprint density at radius 1 is 1.42 bits per heavy atom. The third-order valence-corrected chi connectivity index (χ3v) is 4.33. The molecule has 2 N–H and O–H groups in total. The van der Waals surface area contributed by atoms with Crippen LogP contribution in [0.15, 0.2) is 0 Å². The van der Waals surface area contributed by atoms with Crippen LogP contribution in [0.3, 0.4) is 0 Å². The maximum atomic E-state index is 10.0. The van der Waals surface area contributed by atoms with E-state index in [0.717, 1.165) is 12.8 Å². The van der Waals surface area contributed by atoms with Crippen LogP contribution in [0, 0.1) is 16.7 Å². The Kier molecular flexibility index (Phi) is 1.59. The van der Waals surface area contributed by atoms with Gasteiger partial charge in [-0.05, 0) is 30.6 Å². The molecule has 70 valence electrons. The van der Waals surface area contributed by atoms with E-state index in [1.807, 2.05) is 6.92 Å². The first-order valence-corrected chi connectivity index (χ1v) is 4.82. The lowest BCUT2D eigenvalue weighted by molar-refractivity contribution is -0.0704. The van der Waals surface area contributed by atoms with Crippen LogP contribution in [0.5, 0.6) is 0 Å². The van der Waals surface area contributed by atoms with Crippen LogP contribution in [0.2, 0.25) is 0 Å². The predicted molar refractivity (Wildman–Crippen MR) is 46.6 cm³/mol. The molecule has 2 aliphatic carbocycles. The highest BCUT2D eigenvalue weighted by molar-refractivity contribution is 5.10. The summed E-state index contributed by atoms with van der Waals surface area (Å²) in [5, 5.41) is 19.3. The van der Waals surface area contributed by atoms with Crippen molar-refractivity contribution in [2.24, 2.45) is 16.7 Å². The molecule has 0 heterocycles. The van der Waals surface area contributed by atoms with Crippen LogP contribution in [-0.4, -0.2) is 22.9 Å². The van der Waals surface area contributed by atoms with E-state index in [9.17, 15) is 10.2 Å². The number of hydrogen-bond acceptors (Lipinski definition) is 2. The molecule has 0 aromatic carbocycles. The van der Waals surface area contributed by atoms with Crippen molar-refractivity contribution in [3.63, 3.8) is 0 Å². The Bertz CT molecular complexity index is 204. The molecule has 0 unspecified atom stereocenters. The lowest BCUT2D eigenvalue weighted by Crippen LogP contribution is -2.44. The minimum absolute atomic E-state index is 0.0994. The average molecular weight is 170 g/mol. The highest BCUT2D eigenvalue weighted by Crippen LogP contribution is 2.62. The van der Waals surface area contributed by atoms with Gasteiger partial charge in [-0.15, -0.1) is 0 Å². The molecule has 2 rings (SSSR count). The zero-order chi connectivity index (χ0) is 8.98. The van der Waals surface area contributed by atoms with Crippen molar-refractivity contribution in [3.8, 4) is 0 Å². The minimum Gasteiger partial charge on any atom is -0.396 e. The van der Waals surface area contributed by atoms with Crippen LogP contribution < -0.4 is 0 Å². The molecule has 0 amide bonds. The van der Waals surface area contributed by atoms with Crippen LogP contribution in [-0.2, 0) is 0 Å². The largest absolute Gasteiger partial charge is 0.396 e. The van der Waals surface area contributed by atoms with Gasteiger partial charge in [0.1, 0.15) is 0 Å². The summed E-state index contributed by atoms with van der Waals surface area (Å²) in [6, 6.07) is 0. The van der Waals surface area contributed by atoms with Crippen molar-refractivity contribution < 1.29 is 10.2 Å². The van der Waals surface area contributed by atoms with E-state index in [1.54, 1.807) is 0 Å². The topological polar surface area (TPSA) is 40.5 Å². The number of hydrogen-bond donors (Lipinski definition) is 2. The van der Waals surface area contributed by atoms with Gasteiger partial charge in [0.05, 0.1) is 12.7 Å². The maximum Gasteiger partial charge on any atom is 0.0671 e. The molecule has 2 bridgehead atoms. The Hall–Kier alpha value is -0.0800. The molecular formula is C10H18O2. The van der Waals surface area contributed by atoms with Gasteiger partial charge in [0, 0.05) is 5.41 Å². The van der Waals surface area contributed by atoms with Gasteiger partial charge in [-0.25, -0.2) is 0 Å². The highest BCUT2D eigenvalue weighted by atomic mass is 16.3. The first-order valence-electron chi connectivity index (χ1n) is 4.82. The van der Waals surface area contributed by atoms with Crippen LogP contribution in [0.1, 0.15) is 33.1 Å². The van der Waals surface area contributed by atoms with Crippen molar-refractivity contribution in [3.05, 3.63) is 0 Å². The van der Waals surface area contributed by atoms with Crippen molar-refractivity contribution in [1.29, 1.82) is 0 Å². The van der Waals surface area contributed by atoms with Gasteiger partial charge in [-0.2, -0.15) is 0 Å². The molecule has 2 nitrogen and oxygen atoms in total. The highest BCUT2D eigenvalue weighted by Gasteiger charge is 2.60. The van der Waals surface area contributed by atoms with Gasteiger partial charge in [-0.1, -0.05) is 13.8 Å². The smallest absolute Gasteiger partial charge is 0.0671 e. The second-order valence-corrected chi connectivity index (χ2v) is 5.16. The first-order chi connectivity index (χ1) is 5.53. The fourth-order valence-corrected chi connectivity index (χ4v) is 3.32. The second-order valence-electron chi connectivity index (χ2n) is 5.16. The van der Waals surface area contributed by atoms with Crippen molar-refractivity contribution in [1.82, 2.24) is 0 Å². The summed E-state index contributed by atoms with van der Waals surface area (Å²) < 4.78 is 0. The zero-order valence-corrected chi connectivity index (χ0v) is 7.88. The molecular weight excluding hydrogens is 152 g/mol. The standard InChI is InChI=1S/C10H18O2/c1-9-4-3-7(5-9)10(2,6-11)8(9)12/h7-8,11-12H,3-6H2,1-2H3/t7-,8+,9+,10+/m0/s1. The number of aliphatic hydroxyl groups excluding tert-OH is 2. The van der Waals surface area contributed by atoms with E-state index >= 15 is 0 Å². The summed E-state index contributed by atoms with van der Waals surface area (Å²) >= 11 is 0. The fraction of sp³-hybridized carbons (Fsp3) is 1.00. The van der Waals surface area contributed by atoms with E-state index in [2.05, 4.69) is 6.92 Å². The van der Waals surface area contributed by atoms with Gasteiger partial charge >= 0.3 is 0 Å². The lowest BCUT2D eigenvalue weighted by atomic mass is 9.69. The molecule has 0 aliphatic heterocycles. The lowest BCUT2D eigenvalue weighted by Gasteiger charge is -2.40. The summed E-state index contributed by atoms with van der Waals surface area (Å²) in [6.07, 6.45) is 3.12. The molecule has 12 heavy (non-hydrogen) atoms. The van der Waals surface area contributed by atoms with E-state index in [0.29, 0.717) is 5.92 Å². The van der Waals surface area contributed by atoms with Crippen molar-refractivity contribution in [2.45, 2.75) is 39.2 Å². The Morgan fingerprint density at radius 2 is 2.08 bits per heavy atom. The van der Waals surface area contributed by atoms with Gasteiger partial charge in [-0.3, -0.25) is 0 Å². The molecule has 4 atom stereocenters. The molecule has 0 saturated heterocycles. The average Bonchev–Trinajstić information content (AvgIpc) is 2.52. The Morgan fingerprint density at radius 3 is 2.42 bits per heavy atom. The molecule has 0 aromatic heterocycles. The summed E-state index contributed by atoms with van der Waals surface area (Å²) in [6.45, 7) is 4.31. The van der Waals surface area contributed by atoms with Crippen LogP contribution in [0.4, 0.5) is 0 Å². The molecule has 0 radical (unpaired) electrons. The SMILES string of the molecule is C[C@@]12CC[C@@H](C1)[C@@](C)(CO)[C@@H]2O. The van der Waals surface area contributed by atoms with E-state index < -0.39 is 0 Å². The quantitative estimate of drug-likeness (QED) is 0.620. The van der Waals surface area contributed by atoms with Gasteiger partial charge in [0.25, 0.3) is 0 Å². The van der Waals surface area contributed by atoms with E-state index in [1.165, 1.54) is 6.42 Å². The van der Waals surface area contributed by atoms with Crippen LogP contribution in [0.25, 0.3) is 0 Å². The van der Waals surface area contributed by atoms with E-state index in [-0.39, 0.29) is 23.5 Å². The Balaban J connectivity index is 2.31. The molecule has 0 aromatic rings. The summed E-state index contributed by atoms with van der Waals surface area (Å²) in [4.78, 5) is 0. The second kappa shape index (κ2) is 2.24. The van der Waals surface area contributed by atoms with Crippen LogP contribution >= 0.6 is 0 Å². The third kappa shape index (κ3) is 0.775. The molecule has 2 heteroatoms. The normalized spacial score (nSPS) is 58.0. The monoisotopic (exact) mass is 170 g/mol. The summed E-state index contributed by atoms with van der Waals surface area (Å²) in [5.41, 5.74) is -0.116. The number of fused-ring (bicyclic) bond motifs is 2. The third-order valence-electron chi connectivity index (χ3n) is 4.33. The fourth-order valence-electron chi connectivity index (χ4n) is 3.32. The van der Waals surface area contributed by atoms with Gasteiger partial charge in [0.15, 0.2) is 0 Å². The van der Waals surface area contributed by atoms with Gasteiger partial charge in [0.2, 0.25) is 0 Å². The van der Waals surface area contributed by atoms with Crippen molar-refractivity contribution in [2.75, 3.05) is 6.61 Å². The molecule has 2 fully saturated rings. The predicted octanol–water partition coefficient (Wildman–Crippen LogP) is 1.17. The zero-order valence-electron chi connectivity index (χ0n) is 7.88. The maximum absolute atomic E-state index is 10.0. The summed E-state index contributed by atoms with van der Waals surface area (Å²) in [7, 11) is 0. The molecule has 0 spiro atoms. The van der Waals surface area contributed by atoms with Gasteiger partial charge < -0.3 is 10.2 Å². The van der Waals surface area contributed by atoms with E-state index in [4.69, 9.17) is 0 Å². The Labute approximate surface area is 73.6 Å². The molecule has 2 saturated carbocycles. The first kappa shape index (κ1) is 8.52. The molecule has 2 aliphatic rings. The number of aliphatic hydroxyl groups is 2. The van der Waals surface area contributed by atoms with Crippen molar-refractivity contribution >= 4 is 0 Å². The minimum atomic E-state index is -0.297.